The Labute approximate surface area is 520 Å². The van der Waals surface area contributed by atoms with Crippen molar-refractivity contribution in [2.45, 2.75) is 148 Å². The minimum Gasteiger partial charge on any atom is -0.444 e. The largest absolute Gasteiger partial charge is 0.519 e. The lowest BCUT2D eigenvalue weighted by molar-refractivity contribution is -0.0294. The molecule has 0 saturated carbocycles. The van der Waals surface area contributed by atoms with E-state index in [4.69, 9.17) is 35.4 Å². The molecule has 2 aliphatic heterocycles. The molecule has 4 atom stereocenters. The van der Waals surface area contributed by atoms with Crippen LogP contribution in [-0.2, 0) is 45.5 Å². The van der Waals surface area contributed by atoms with Crippen molar-refractivity contribution in [1.29, 1.82) is 0 Å². The van der Waals surface area contributed by atoms with E-state index in [9.17, 15) is 31.2 Å². The van der Waals surface area contributed by atoms with Crippen molar-refractivity contribution in [1.82, 2.24) is 37.7 Å². The fourth-order valence-electron chi connectivity index (χ4n) is 9.46. The smallest absolute Gasteiger partial charge is 0.444 e. The van der Waals surface area contributed by atoms with Crippen LogP contribution in [0.15, 0.2) is 119 Å². The standard InChI is InChI=1S/C27H30ClN5O2S.C25H33N5O4S.C10H18O5/c1-19-9-11-22(12-10-19)36(34,35)33-16-14-23-25(29-27(28)30-26(23)33)31(3)24-18-32(15-13-20(24)2)17-21-7-5-4-6-8-21;1-17-7-9-19(10-8-17)35(32,33)30-14-12-20-22(26-16-27-23(20)30)28(6)21-15-29(13-11-18(21)2)24(31)34-25(3,4)5;1-9(2,3)14-7(11)13-8(12)15-10(4,5)6/h4-12,14,16,20,24H,13,15,17-18H2,1-3H3;7-10,12,14,16,18,21H,11,13,15H2,1-6H3;1-6H3/i3D3;6D3,16D;. The molecule has 3 aromatic carbocycles. The number of carbonyl (C=O) groups is 3. The third kappa shape index (κ3) is 16.8. The van der Waals surface area contributed by atoms with Gasteiger partial charge < -0.3 is 33.6 Å². The molecular formula is C62H81ClN10O11S2. The second kappa shape index (κ2) is 26.7. The number of benzene rings is 3. The number of anilines is 2. The van der Waals surface area contributed by atoms with Gasteiger partial charge in [0.2, 0.25) is 5.28 Å². The summed E-state index contributed by atoms with van der Waals surface area (Å²) in [6, 6.07) is 24.7. The van der Waals surface area contributed by atoms with Crippen LogP contribution in [0.5, 0.6) is 0 Å². The molecule has 0 aliphatic carbocycles. The average molecular weight is 1250 g/mol. The van der Waals surface area contributed by atoms with E-state index in [0.29, 0.717) is 31.4 Å². The van der Waals surface area contributed by atoms with Crippen molar-refractivity contribution < 1.29 is 59.8 Å². The maximum atomic E-state index is 13.5. The summed E-state index contributed by atoms with van der Waals surface area (Å²) in [5.41, 5.74) is 0.784. The van der Waals surface area contributed by atoms with Gasteiger partial charge in [0, 0.05) is 66.8 Å². The quantitative estimate of drug-likeness (QED) is 0.0536. The van der Waals surface area contributed by atoms with Gasteiger partial charge >= 0.3 is 18.4 Å². The molecule has 464 valence electrons. The molecule has 24 heteroatoms. The Morgan fingerprint density at radius 2 is 1.10 bits per heavy atom. The predicted octanol–water partition coefficient (Wildman–Crippen LogP) is 11.9. The Morgan fingerprint density at radius 1 is 0.628 bits per heavy atom. The molecule has 0 N–H and O–H groups in total. The highest BCUT2D eigenvalue weighted by Gasteiger charge is 2.36. The van der Waals surface area contributed by atoms with Crippen molar-refractivity contribution in [3.05, 3.63) is 132 Å². The molecule has 86 heavy (non-hydrogen) atoms. The summed E-state index contributed by atoms with van der Waals surface area (Å²) in [5, 5.41) is 0.244. The van der Waals surface area contributed by atoms with Crippen LogP contribution in [0.1, 0.15) is 115 Å². The number of hydrogen-bond donors (Lipinski definition) is 0. The predicted molar refractivity (Wildman–Crippen MR) is 333 cm³/mol. The first kappa shape index (κ1) is 56.5. The summed E-state index contributed by atoms with van der Waals surface area (Å²) in [5.74, 6) is -0.117. The zero-order valence-electron chi connectivity index (χ0n) is 57.7. The van der Waals surface area contributed by atoms with Crippen LogP contribution >= 0.6 is 11.6 Å². The zero-order valence-corrected chi connectivity index (χ0v) is 53.1. The zero-order chi connectivity index (χ0) is 69.1. The molecule has 2 fully saturated rings. The summed E-state index contributed by atoms with van der Waals surface area (Å²) in [6.07, 6.45) is 0.779. The lowest BCUT2D eigenvalue weighted by atomic mass is 9.92. The number of likely N-dealkylation sites (tertiary alicyclic amines) is 2. The van der Waals surface area contributed by atoms with Crippen LogP contribution < -0.4 is 9.80 Å². The first-order valence-corrected chi connectivity index (χ1v) is 31.2. The molecule has 0 radical (unpaired) electrons. The Hall–Kier alpha value is -7.34. The Kier molecular flexibility index (Phi) is 17.6. The van der Waals surface area contributed by atoms with E-state index < -0.39 is 87.6 Å². The molecule has 4 aromatic heterocycles. The minimum absolute atomic E-state index is 0.0267. The van der Waals surface area contributed by atoms with Gasteiger partial charge in [-0.3, -0.25) is 4.90 Å². The number of fused-ring (bicyclic) bond motifs is 2. The number of ether oxygens (including phenoxy) is 4. The number of nitrogens with zero attached hydrogens (tertiary/aromatic N) is 10. The SMILES string of the molecule is CC(C)(C)OC(=O)OC(=O)OC(C)(C)C.[2H]C([2H])([2H])N(c1nc(Cl)nc2c1ccn2S(=O)(=O)c1ccc(C)cc1)C1CN(Cc2ccccc2)CCC1C.[2H]c1nc(N(C2CN(C(=O)OC(C)(C)C)CCC2C)C([2H])([2H])[2H])c2ccn(S(=O)(=O)c3ccc(C)cc3)c2n1. The number of piperidine rings is 2. The molecule has 1 amide bonds. The monoisotopic (exact) mass is 1250 g/mol. The van der Waals surface area contributed by atoms with E-state index in [1.165, 1.54) is 52.5 Å². The number of hydrogen-bond acceptors (Lipinski definition) is 18. The van der Waals surface area contributed by atoms with Gasteiger partial charge in [-0.2, -0.15) is 9.97 Å². The highest BCUT2D eigenvalue weighted by molar-refractivity contribution is 7.90. The average Bonchev–Trinajstić information content (AvgIpc) is 1.69. The van der Waals surface area contributed by atoms with Gasteiger partial charge in [-0.05, 0) is 161 Å². The van der Waals surface area contributed by atoms with Crippen molar-refractivity contribution in [3.8, 4) is 0 Å². The van der Waals surface area contributed by atoms with Crippen molar-refractivity contribution in [2.24, 2.45) is 11.8 Å². The number of likely N-dealkylation sites (N-methyl/N-ethyl adjacent to an activating group) is 2. The number of amides is 1. The third-order valence-electron chi connectivity index (χ3n) is 13.9. The Morgan fingerprint density at radius 3 is 1.62 bits per heavy atom. The van der Waals surface area contributed by atoms with E-state index in [1.807, 2.05) is 45.9 Å². The van der Waals surface area contributed by atoms with Crippen molar-refractivity contribution in [3.63, 3.8) is 0 Å². The topological polar surface area (TPSA) is 231 Å². The number of rotatable bonds is 10. The first-order valence-electron chi connectivity index (χ1n) is 31.4. The minimum atomic E-state index is -4.09. The summed E-state index contributed by atoms with van der Waals surface area (Å²) in [7, 11) is -8.10. The molecule has 0 bridgehead atoms. The van der Waals surface area contributed by atoms with E-state index >= 15 is 0 Å². The Balaban J connectivity index is 0.000000217. The van der Waals surface area contributed by atoms with Crippen molar-refractivity contribution >= 4 is 83.8 Å². The number of aryl methyl sites for hydroxylation is 2. The molecule has 2 aliphatic rings. The van der Waals surface area contributed by atoms with Crippen LogP contribution in [0.4, 0.5) is 26.0 Å². The second-order valence-electron chi connectivity index (χ2n) is 24.4. The van der Waals surface area contributed by atoms with Gasteiger partial charge in [-0.1, -0.05) is 79.6 Å². The number of aromatic nitrogens is 6. The highest BCUT2D eigenvalue weighted by atomic mass is 35.5. The fraction of sp³-hybridized carbons (Fsp3) is 0.468. The molecule has 4 unspecified atom stereocenters. The molecule has 6 heterocycles. The van der Waals surface area contributed by atoms with E-state index in [0.717, 1.165) is 42.5 Å². The number of halogens is 1. The van der Waals surface area contributed by atoms with Crippen LogP contribution in [0, 0.1) is 25.7 Å². The van der Waals surface area contributed by atoms with E-state index in [-0.39, 0.29) is 61.8 Å². The Bertz CT molecular complexity index is 4000. The molecule has 7 aromatic rings. The van der Waals surface area contributed by atoms with Crippen LogP contribution in [0.3, 0.4) is 0 Å². The lowest BCUT2D eigenvalue weighted by Gasteiger charge is -2.42. The van der Waals surface area contributed by atoms with Gasteiger partial charge in [0.1, 0.15) is 36.1 Å². The lowest BCUT2D eigenvalue weighted by Crippen LogP contribution is -2.53. The molecule has 2 saturated heterocycles. The molecule has 0 spiro atoms. The first-order chi connectivity index (χ1) is 42.9. The third-order valence-corrected chi connectivity index (χ3v) is 17.4. The second-order valence-corrected chi connectivity index (χ2v) is 28.3. The van der Waals surface area contributed by atoms with Crippen molar-refractivity contribution in [2.75, 3.05) is 49.9 Å². The van der Waals surface area contributed by atoms with E-state index in [2.05, 4.69) is 41.7 Å². The normalized spacial score (nSPS) is 19.3. The molecule has 21 nitrogen and oxygen atoms in total. The maximum Gasteiger partial charge on any atom is 0.519 e. The van der Waals surface area contributed by atoms with Crippen LogP contribution in [0.2, 0.25) is 5.28 Å². The van der Waals surface area contributed by atoms with Gasteiger partial charge in [-0.25, -0.2) is 49.1 Å². The van der Waals surface area contributed by atoms with Crippen LogP contribution in [0.25, 0.3) is 22.1 Å². The molecule has 9 rings (SSSR count). The van der Waals surface area contributed by atoms with Gasteiger partial charge in [-0.15, -0.1) is 0 Å². The van der Waals surface area contributed by atoms with Gasteiger partial charge in [0.25, 0.3) is 20.0 Å². The maximum absolute atomic E-state index is 13.5. The van der Waals surface area contributed by atoms with Crippen LogP contribution in [-0.4, -0.2) is 142 Å². The fourth-order valence-corrected chi connectivity index (χ4v) is 12.2. The summed E-state index contributed by atoms with van der Waals surface area (Å²) in [6.45, 7) is 20.1. The van der Waals surface area contributed by atoms with E-state index in [1.54, 1.807) is 92.6 Å². The summed E-state index contributed by atoms with van der Waals surface area (Å²) < 4.78 is 134. The summed E-state index contributed by atoms with van der Waals surface area (Å²) >= 11 is 6.32. The number of carbonyl (C=O) groups excluding carboxylic acids is 3. The van der Waals surface area contributed by atoms with Gasteiger partial charge in [0.15, 0.2) is 11.3 Å². The molecular weight excluding hydrogens is 1160 g/mol. The van der Waals surface area contributed by atoms with Gasteiger partial charge in [0.05, 0.1) is 26.6 Å². The summed E-state index contributed by atoms with van der Waals surface area (Å²) in [4.78, 5) is 57.9. The highest BCUT2D eigenvalue weighted by Crippen LogP contribution is 2.35.